The molecule has 7 nitrogen and oxygen atoms in total. The maximum atomic E-state index is 13.3. The van der Waals surface area contributed by atoms with Crippen LogP contribution in [-0.2, 0) is 17.8 Å². The molecule has 0 bridgehead atoms. The summed E-state index contributed by atoms with van der Waals surface area (Å²) in [4.78, 5) is 35.6. The largest absolute Gasteiger partial charge is 0.334 e. The monoisotopic (exact) mass is 411 g/mol. The summed E-state index contributed by atoms with van der Waals surface area (Å²) in [5.41, 5.74) is 2.99. The molecule has 7 heteroatoms. The summed E-state index contributed by atoms with van der Waals surface area (Å²) in [5.74, 6) is 0.988. The third-order valence-electron chi connectivity index (χ3n) is 6.84. The van der Waals surface area contributed by atoms with Crippen LogP contribution in [0, 0.1) is 11.3 Å². The second kappa shape index (κ2) is 7.22. The number of rotatable bonds is 3. The number of fused-ring (bicyclic) bond motifs is 2. The number of hydrogen-bond acceptors (Lipinski definition) is 4. The highest BCUT2D eigenvalue weighted by Crippen LogP contribution is 2.34. The molecule has 0 spiro atoms. The third kappa shape index (κ3) is 3.57. The quantitative estimate of drug-likeness (QED) is 0.843. The van der Waals surface area contributed by atoms with Crippen LogP contribution in [0.25, 0.3) is 5.65 Å². The maximum absolute atomic E-state index is 13.3. The van der Waals surface area contributed by atoms with Gasteiger partial charge in [-0.3, -0.25) is 19.6 Å². The summed E-state index contributed by atoms with van der Waals surface area (Å²) in [7, 11) is 0. The van der Waals surface area contributed by atoms with E-state index in [4.69, 9.17) is 4.98 Å². The van der Waals surface area contributed by atoms with Gasteiger partial charge >= 0.3 is 0 Å². The Labute approximate surface area is 177 Å². The SMILES string of the molecule is CC(C)(C)C(=O)N1CCCC[C@@H]1c1cc2nc3c(c(=O)n2[nH]1)CN(CC1CC1)CC3. The maximum Gasteiger partial charge on any atom is 0.277 e. The normalized spacial score (nSPS) is 23.0. The molecule has 3 aliphatic rings. The number of likely N-dealkylation sites (tertiary alicyclic amines) is 1. The number of nitrogens with one attached hydrogen (secondary N) is 1. The molecule has 2 fully saturated rings. The Bertz CT molecular complexity index is 1030. The fourth-order valence-electron chi connectivity index (χ4n) is 4.98. The van der Waals surface area contributed by atoms with Crippen molar-refractivity contribution in [3.8, 4) is 0 Å². The lowest BCUT2D eigenvalue weighted by molar-refractivity contribution is -0.143. The number of carbonyl (C=O) groups is 1. The van der Waals surface area contributed by atoms with Gasteiger partial charge in [-0.15, -0.1) is 0 Å². The van der Waals surface area contributed by atoms with Crippen LogP contribution in [0.15, 0.2) is 10.9 Å². The predicted molar refractivity (Wildman–Crippen MR) is 115 cm³/mol. The van der Waals surface area contributed by atoms with Gasteiger partial charge in [0.05, 0.1) is 23.0 Å². The molecule has 0 radical (unpaired) electrons. The molecule has 2 aliphatic heterocycles. The van der Waals surface area contributed by atoms with Gasteiger partial charge < -0.3 is 4.90 Å². The van der Waals surface area contributed by atoms with Gasteiger partial charge in [-0.05, 0) is 38.0 Å². The van der Waals surface area contributed by atoms with Crippen molar-refractivity contribution in [2.75, 3.05) is 19.6 Å². The summed E-state index contributed by atoms with van der Waals surface area (Å²) in [6.07, 6.45) is 6.52. The van der Waals surface area contributed by atoms with Crippen molar-refractivity contribution in [1.29, 1.82) is 0 Å². The van der Waals surface area contributed by atoms with Crippen molar-refractivity contribution < 1.29 is 4.79 Å². The van der Waals surface area contributed by atoms with Crippen LogP contribution >= 0.6 is 0 Å². The molecule has 5 rings (SSSR count). The smallest absolute Gasteiger partial charge is 0.277 e. The van der Waals surface area contributed by atoms with E-state index in [0.29, 0.717) is 12.2 Å². The van der Waals surface area contributed by atoms with E-state index in [1.165, 1.54) is 12.8 Å². The minimum Gasteiger partial charge on any atom is -0.334 e. The average molecular weight is 412 g/mol. The second-order valence-electron chi connectivity index (χ2n) is 10.4. The average Bonchev–Trinajstić information content (AvgIpc) is 3.43. The van der Waals surface area contributed by atoms with E-state index >= 15 is 0 Å². The topological polar surface area (TPSA) is 73.7 Å². The van der Waals surface area contributed by atoms with Crippen molar-refractivity contribution in [1.82, 2.24) is 24.4 Å². The molecule has 162 valence electrons. The van der Waals surface area contributed by atoms with Crippen LogP contribution in [-0.4, -0.2) is 49.9 Å². The highest BCUT2D eigenvalue weighted by molar-refractivity contribution is 5.82. The molecular weight excluding hydrogens is 378 g/mol. The van der Waals surface area contributed by atoms with Crippen molar-refractivity contribution in [3.63, 3.8) is 0 Å². The Hall–Kier alpha value is -2.15. The van der Waals surface area contributed by atoms with Crippen molar-refractivity contribution in [2.24, 2.45) is 11.3 Å². The number of amides is 1. The van der Waals surface area contributed by atoms with E-state index < -0.39 is 5.41 Å². The number of nitrogens with zero attached hydrogens (tertiary/aromatic N) is 4. The molecule has 0 unspecified atom stereocenters. The highest BCUT2D eigenvalue weighted by Gasteiger charge is 2.35. The molecule has 2 aromatic rings. The molecule has 4 heterocycles. The molecule has 1 aliphatic carbocycles. The van der Waals surface area contributed by atoms with Crippen LogP contribution < -0.4 is 5.56 Å². The van der Waals surface area contributed by atoms with E-state index in [9.17, 15) is 9.59 Å². The third-order valence-corrected chi connectivity index (χ3v) is 6.84. The van der Waals surface area contributed by atoms with Crippen molar-refractivity contribution >= 4 is 11.6 Å². The summed E-state index contributed by atoms with van der Waals surface area (Å²) in [6.45, 7) is 9.47. The van der Waals surface area contributed by atoms with Gasteiger partial charge in [0.25, 0.3) is 5.56 Å². The Balaban J connectivity index is 1.48. The minimum atomic E-state index is -0.416. The fraction of sp³-hybridized carbons (Fsp3) is 0.696. The van der Waals surface area contributed by atoms with Crippen LogP contribution in [0.4, 0.5) is 0 Å². The zero-order chi connectivity index (χ0) is 21.0. The molecule has 30 heavy (non-hydrogen) atoms. The number of aromatic amines is 1. The minimum absolute atomic E-state index is 0.0185. The van der Waals surface area contributed by atoms with E-state index in [1.807, 2.05) is 31.7 Å². The number of piperidine rings is 1. The molecule has 0 aromatic carbocycles. The molecule has 1 N–H and O–H groups in total. The lowest BCUT2D eigenvalue weighted by atomic mass is 9.90. The van der Waals surface area contributed by atoms with Gasteiger partial charge in [0, 0.05) is 44.1 Å². The highest BCUT2D eigenvalue weighted by atomic mass is 16.2. The van der Waals surface area contributed by atoms with Gasteiger partial charge in [-0.2, -0.15) is 0 Å². The van der Waals surface area contributed by atoms with Gasteiger partial charge in [0.2, 0.25) is 5.91 Å². The number of aromatic nitrogens is 3. The summed E-state index contributed by atoms with van der Waals surface area (Å²) < 4.78 is 1.60. The number of hydrogen-bond donors (Lipinski definition) is 1. The number of carbonyl (C=O) groups excluding carboxylic acids is 1. The number of H-pyrrole nitrogens is 1. The lowest BCUT2D eigenvalue weighted by Crippen LogP contribution is -2.44. The van der Waals surface area contributed by atoms with Gasteiger partial charge in [0.15, 0.2) is 5.65 Å². The summed E-state index contributed by atoms with van der Waals surface area (Å²) >= 11 is 0. The van der Waals surface area contributed by atoms with Crippen LogP contribution in [0.2, 0.25) is 0 Å². The first-order chi connectivity index (χ1) is 14.3. The fourth-order valence-corrected chi connectivity index (χ4v) is 4.98. The molecular formula is C23H33N5O2. The van der Waals surface area contributed by atoms with E-state index in [-0.39, 0.29) is 17.5 Å². The van der Waals surface area contributed by atoms with Crippen molar-refractivity contribution in [2.45, 2.75) is 71.9 Å². The van der Waals surface area contributed by atoms with Crippen LogP contribution in [0.5, 0.6) is 0 Å². The summed E-state index contributed by atoms with van der Waals surface area (Å²) in [6, 6.07) is 1.96. The first-order valence-electron chi connectivity index (χ1n) is 11.5. The Kier molecular flexibility index (Phi) is 4.76. The summed E-state index contributed by atoms with van der Waals surface area (Å²) in [5, 5.41) is 3.32. The second-order valence-corrected chi connectivity index (χ2v) is 10.4. The molecule has 1 saturated heterocycles. The Morgan fingerprint density at radius 3 is 2.73 bits per heavy atom. The van der Waals surface area contributed by atoms with E-state index in [0.717, 1.165) is 68.2 Å². The molecule has 1 atom stereocenters. The van der Waals surface area contributed by atoms with Crippen molar-refractivity contribution in [3.05, 3.63) is 33.4 Å². The van der Waals surface area contributed by atoms with E-state index in [2.05, 4.69) is 10.00 Å². The first kappa shape index (κ1) is 19.8. The Morgan fingerprint density at radius 2 is 2.00 bits per heavy atom. The van der Waals surface area contributed by atoms with Crippen LogP contribution in [0.1, 0.15) is 75.9 Å². The predicted octanol–water partition coefficient (Wildman–Crippen LogP) is 2.89. The molecule has 2 aromatic heterocycles. The molecule has 1 amide bonds. The van der Waals surface area contributed by atoms with E-state index in [1.54, 1.807) is 4.52 Å². The standard InChI is InChI=1S/C23H33N5O2/c1-23(2,3)22(30)27-10-5-4-6-19(27)18-12-20-24-17-9-11-26(13-15-7-8-15)14-16(17)21(29)28(20)25-18/h12,15,19,25H,4-11,13-14H2,1-3H3/t19-/m1/s1. The zero-order valence-electron chi connectivity index (χ0n) is 18.4. The lowest BCUT2D eigenvalue weighted by Gasteiger charge is -2.38. The van der Waals surface area contributed by atoms with Gasteiger partial charge in [0.1, 0.15) is 0 Å². The van der Waals surface area contributed by atoms with Crippen LogP contribution in [0.3, 0.4) is 0 Å². The van der Waals surface area contributed by atoms with Gasteiger partial charge in [-0.25, -0.2) is 9.50 Å². The zero-order valence-corrected chi connectivity index (χ0v) is 18.4. The first-order valence-corrected chi connectivity index (χ1v) is 11.5. The Morgan fingerprint density at radius 1 is 1.20 bits per heavy atom. The molecule has 1 saturated carbocycles. The van der Waals surface area contributed by atoms with Gasteiger partial charge in [-0.1, -0.05) is 20.8 Å².